The number of halogens is 2. The summed E-state index contributed by atoms with van der Waals surface area (Å²) in [5.41, 5.74) is -0.364. The average Bonchev–Trinajstić information content (AvgIpc) is 3.28. The van der Waals surface area contributed by atoms with Gasteiger partial charge in [0.05, 0.1) is 18.8 Å². The summed E-state index contributed by atoms with van der Waals surface area (Å²) in [5, 5.41) is 11.1. The predicted molar refractivity (Wildman–Crippen MR) is 149 cm³/mol. The molecule has 202 valence electrons. The second-order valence-electron chi connectivity index (χ2n) is 12.2. The average molecular weight is 558 g/mol. The molecule has 0 radical (unpaired) electrons. The fraction of sp³-hybridized carbons (Fsp3) is 0.517. The van der Waals surface area contributed by atoms with Gasteiger partial charge in [-0.2, -0.15) is 0 Å². The number of nitrogens with one attached hydrogen (secondary N) is 3. The first-order valence-corrected chi connectivity index (χ1v) is 14.1. The molecule has 38 heavy (non-hydrogen) atoms. The highest BCUT2D eigenvalue weighted by Crippen LogP contribution is 2.79. The van der Waals surface area contributed by atoms with Gasteiger partial charge in [-0.15, -0.1) is 0 Å². The fourth-order valence-corrected chi connectivity index (χ4v) is 7.89. The third kappa shape index (κ3) is 3.59. The maximum atomic E-state index is 14.2. The zero-order valence-corrected chi connectivity index (χ0v) is 23.5. The Morgan fingerprint density at radius 2 is 1.87 bits per heavy atom. The Bertz CT molecular complexity index is 1310. The lowest BCUT2D eigenvalue weighted by molar-refractivity contribution is -0.135. The lowest BCUT2D eigenvalue weighted by atomic mass is 9.41. The molecular weight excluding hydrogens is 523 g/mol. The molecule has 1 spiro atoms. The molecule has 2 amide bonds. The lowest BCUT2D eigenvalue weighted by Crippen LogP contribution is -2.73. The summed E-state index contributed by atoms with van der Waals surface area (Å²) in [7, 11) is 0. The van der Waals surface area contributed by atoms with E-state index in [1.807, 2.05) is 36.4 Å². The number of ether oxygens (including phenoxy) is 1. The van der Waals surface area contributed by atoms with Crippen molar-refractivity contribution < 1.29 is 14.3 Å². The van der Waals surface area contributed by atoms with E-state index in [0.717, 1.165) is 30.8 Å². The van der Waals surface area contributed by atoms with Crippen LogP contribution in [-0.2, 0) is 19.7 Å². The van der Waals surface area contributed by atoms with Crippen molar-refractivity contribution in [3.8, 4) is 0 Å². The monoisotopic (exact) mass is 556 g/mol. The molecule has 1 saturated carbocycles. The maximum absolute atomic E-state index is 14.2. The number of fused-ring (bicyclic) bond motifs is 4. The number of carbonyl (C=O) groups is 2. The van der Waals surface area contributed by atoms with Gasteiger partial charge in [-0.25, -0.2) is 0 Å². The minimum atomic E-state index is -0.980. The number of morpholine rings is 1. The second-order valence-corrected chi connectivity index (χ2v) is 13.1. The SMILES string of the molecule is CC(C)(C)C[C@@]12N[C@]1(C(=O)NCCN1CCOCC1)[C@H](c1cccc(Cl)c1)[C@@]21C(=O)Nc2cc(Cl)ccc21. The summed E-state index contributed by atoms with van der Waals surface area (Å²) in [6.45, 7) is 10.9. The van der Waals surface area contributed by atoms with Gasteiger partial charge in [0.15, 0.2) is 0 Å². The molecule has 6 rings (SSSR count). The lowest BCUT2D eigenvalue weighted by Gasteiger charge is -2.56. The first-order valence-electron chi connectivity index (χ1n) is 13.3. The molecule has 3 fully saturated rings. The van der Waals surface area contributed by atoms with E-state index in [4.69, 9.17) is 27.9 Å². The van der Waals surface area contributed by atoms with E-state index < -0.39 is 22.4 Å². The Labute approximate surface area is 233 Å². The highest BCUT2D eigenvalue weighted by atomic mass is 35.5. The van der Waals surface area contributed by atoms with Crippen molar-refractivity contribution in [1.82, 2.24) is 15.5 Å². The highest BCUT2D eigenvalue weighted by molar-refractivity contribution is 6.31. The van der Waals surface area contributed by atoms with E-state index in [-0.39, 0.29) is 17.2 Å². The Hall–Kier alpha value is -2.16. The van der Waals surface area contributed by atoms with Gasteiger partial charge in [-0.05, 0) is 47.2 Å². The number of benzene rings is 2. The largest absolute Gasteiger partial charge is 0.379 e. The Morgan fingerprint density at radius 3 is 2.58 bits per heavy atom. The molecule has 0 unspecified atom stereocenters. The van der Waals surface area contributed by atoms with Crippen LogP contribution in [0.4, 0.5) is 5.69 Å². The number of hydrogen-bond acceptors (Lipinski definition) is 5. The molecule has 2 aromatic carbocycles. The van der Waals surface area contributed by atoms with Gasteiger partial charge in [0, 0.05) is 47.8 Å². The van der Waals surface area contributed by atoms with Crippen molar-refractivity contribution in [2.45, 2.75) is 49.6 Å². The number of nitrogens with zero attached hydrogens (tertiary/aromatic N) is 1. The standard InChI is InChI=1S/C29H34Cl2N4O3/c1-26(2,3)17-27-28(21-8-7-20(31)16-22(21)33-24(28)36)23(18-5-4-6-19(30)15-18)29(27,34-27)25(37)32-9-10-35-11-13-38-14-12-35/h4-8,15-16,23,34H,9-14,17H2,1-3H3,(H,32,37)(H,33,36)/t23-,27+,28+,29+/m1/s1. The Morgan fingerprint density at radius 1 is 1.13 bits per heavy atom. The van der Waals surface area contributed by atoms with Gasteiger partial charge in [0.1, 0.15) is 11.0 Å². The summed E-state index contributed by atoms with van der Waals surface area (Å²) in [6, 6.07) is 13.1. The van der Waals surface area contributed by atoms with Gasteiger partial charge in [0.25, 0.3) is 0 Å². The van der Waals surface area contributed by atoms with E-state index in [9.17, 15) is 9.59 Å². The van der Waals surface area contributed by atoms with Crippen LogP contribution in [0.25, 0.3) is 0 Å². The van der Waals surface area contributed by atoms with Crippen LogP contribution in [0.3, 0.4) is 0 Å². The molecule has 3 heterocycles. The zero-order valence-electron chi connectivity index (χ0n) is 22.0. The van der Waals surface area contributed by atoms with Crippen molar-refractivity contribution in [3.05, 3.63) is 63.6 Å². The number of rotatable bonds is 6. The topological polar surface area (TPSA) is 92.6 Å². The second kappa shape index (κ2) is 8.93. The predicted octanol–water partition coefficient (Wildman–Crippen LogP) is 3.95. The van der Waals surface area contributed by atoms with E-state index in [1.165, 1.54) is 0 Å². The number of amides is 2. The molecule has 7 nitrogen and oxygen atoms in total. The van der Waals surface area contributed by atoms with Crippen LogP contribution < -0.4 is 16.0 Å². The van der Waals surface area contributed by atoms with Gasteiger partial charge < -0.3 is 15.4 Å². The molecule has 2 saturated heterocycles. The van der Waals surface area contributed by atoms with Crippen LogP contribution in [0.1, 0.15) is 44.2 Å². The van der Waals surface area contributed by atoms with Crippen LogP contribution in [0.2, 0.25) is 10.0 Å². The minimum Gasteiger partial charge on any atom is -0.379 e. The fourth-order valence-electron chi connectivity index (χ4n) is 7.52. The number of hydrogen-bond donors (Lipinski definition) is 3. The van der Waals surface area contributed by atoms with Crippen molar-refractivity contribution in [2.24, 2.45) is 5.41 Å². The molecule has 0 bridgehead atoms. The summed E-state index contributed by atoms with van der Waals surface area (Å²) < 4.78 is 5.45. The smallest absolute Gasteiger partial charge is 0.243 e. The van der Waals surface area contributed by atoms with Crippen molar-refractivity contribution >= 4 is 40.7 Å². The molecule has 9 heteroatoms. The van der Waals surface area contributed by atoms with Gasteiger partial charge in [0.2, 0.25) is 11.8 Å². The van der Waals surface area contributed by atoms with E-state index in [2.05, 4.69) is 41.6 Å². The molecule has 4 aliphatic rings. The number of anilines is 1. The van der Waals surface area contributed by atoms with Crippen molar-refractivity contribution in [2.75, 3.05) is 44.7 Å². The normalized spacial score (nSPS) is 31.8. The van der Waals surface area contributed by atoms with E-state index in [1.54, 1.807) is 6.07 Å². The molecule has 3 N–H and O–H groups in total. The Balaban J connectivity index is 1.43. The van der Waals surface area contributed by atoms with Gasteiger partial charge in [-0.3, -0.25) is 19.8 Å². The molecule has 1 aliphatic carbocycles. The first-order chi connectivity index (χ1) is 18.0. The van der Waals surface area contributed by atoms with Crippen LogP contribution in [-0.4, -0.2) is 67.2 Å². The third-order valence-corrected chi connectivity index (χ3v) is 9.20. The molecule has 4 atom stereocenters. The zero-order chi connectivity index (χ0) is 26.9. The van der Waals surface area contributed by atoms with Crippen LogP contribution in [0.15, 0.2) is 42.5 Å². The van der Waals surface area contributed by atoms with Crippen LogP contribution in [0, 0.1) is 5.41 Å². The molecule has 2 aromatic rings. The summed E-state index contributed by atoms with van der Waals surface area (Å²) in [6.07, 6.45) is 0.642. The molecule has 3 aliphatic heterocycles. The Kier molecular flexibility index (Phi) is 6.13. The van der Waals surface area contributed by atoms with E-state index in [0.29, 0.717) is 41.9 Å². The highest BCUT2D eigenvalue weighted by Gasteiger charge is 2.97. The van der Waals surface area contributed by atoms with Crippen LogP contribution in [0.5, 0.6) is 0 Å². The molecule has 0 aromatic heterocycles. The maximum Gasteiger partial charge on any atom is 0.243 e. The summed E-state index contributed by atoms with van der Waals surface area (Å²) >= 11 is 12.8. The molecular formula is C29H34Cl2N4O3. The summed E-state index contributed by atoms with van der Waals surface area (Å²) in [4.78, 5) is 30.6. The minimum absolute atomic E-state index is 0.0687. The van der Waals surface area contributed by atoms with Gasteiger partial charge >= 0.3 is 0 Å². The summed E-state index contributed by atoms with van der Waals surface area (Å²) in [5.74, 6) is -0.617. The third-order valence-electron chi connectivity index (χ3n) is 8.73. The quantitative estimate of drug-likeness (QED) is 0.468. The van der Waals surface area contributed by atoms with Crippen molar-refractivity contribution in [1.29, 1.82) is 0 Å². The van der Waals surface area contributed by atoms with Gasteiger partial charge in [-0.1, -0.05) is 62.2 Å². The number of carbonyl (C=O) groups excluding carboxylic acids is 2. The van der Waals surface area contributed by atoms with Crippen molar-refractivity contribution in [3.63, 3.8) is 0 Å². The first kappa shape index (κ1) is 26.1. The van der Waals surface area contributed by atoms with Crippen LogP contribution >= 0.6 is 23.2 Å². The van der Waals surface area contributed by atoms with E-state index >= 15 is 0 Å².